The first-order chi connectivity index (χ1) is 15.3. The standard InChI is InChI=1S/C25H33N5O2/c1-4-5-21(31)29-11-10-25(15-29)12-19(13-25)30-24(27)20(14-26)22(28-30)17-6-8-18(9-7-17)23(32)16(2)3/h6-9,16,19,23,32H,10-15,26-27H2,1-3H3/t19-,23?,25-. The molecule has 2 heterocycles. The van der Waals surface area contributed by atoms with Crippen molar-refractivity contribution in [2.24, 2.45) is 17.1 Å². The van der Waals surface area contributed by atoms with Crippen molar-refractivity contribution in [3.8, 4) is 23.1 Å². The number of carbonyl (C=O) groups excluding carboxylic acids is 1. The van der Waals surface area contributed by atoms with E-state index in [2.05, 4.69) is 11.8 Å². The third-order valence-corrected chi connectivity index (χ3v) is 7.05. The van der Waals surface area contributed by atoms with Crippen LogP contribution in [-0.2, 0) is 11.3 Å². The van der Waals surface area contributed by atoms with Gasteiger partial charge in [-0.25, -0.2) is 4.68 Å². The molecule has 0 bridgehead atoms. The molecule has 1 aromatic carbocycles. The zero-order valence-corrected chi connectivity index (χ0v) is 19.1. The number of amides is 1. The second-order valence-corrected chi connectivity index (χ2v) is 9.59. The van der Waals surface area contributed by atoms with Crippen molar-refractivity contribution in [2.45, 2.75) is 58.7 Å². The highest BCUT2D eigenvalue weighted by Crippen LogP contribution is 2.54. The number of nitrogens with two attached hydrogens (primary N) is 2. The number of aromatic nitrogens is 2. The Balaban J connectivity index is 1.52. The number of anilines is 1. The second-order valence-electron chi connectivity index (χ2n) is 9.59. The highest BCUT2D eigenvalue weighted by molar-refractivity contribution is 5.93. The van der Waals surface area contributed by atoms with Gasteiger partial charge in [0.2, 0.25) is 0 Å². The van der Waals surface area contributed by atoms with Gasteiger partial charge in [-0.3, -0.25) is 4.79 Å². The van der Waals surface area contributed by atoms with E-state index < -0.39 is 6.10 Å². The van der Waals surface area contributed by atoms with Gasteiger partial charge >= 0.3 is 0 Å². The molecule has 1 aliphatic heterocycles. The Kier molecular flexibility index (Phi) is 6.02. The summed E-state index contributed by atoms with van der Waals surface area (Å²) < 4.78 is 1.93. The summed E-state index contributed by atoms with van der Waals surface area (Å²) in [6, 6.07) is 8.05. The zero-order valence-electron chi connectivity index (χ0n) is 19.1. The maximum Gasteiger partial charge on any atom is 0.298 e. The normalized spacial score (nSPS) is 23.2. The van der Waals surface area contributed by atoms with Crippen molar-refractivity contribution in [1.82, 2.24) is 14.7 Å². The summed E-state index contributed by atoms with van der Waals surface area (Å²) in [7, 11) is 0. The van der Waals surface area contributed by atoms with Crippen LogP contribution >= 0.6 is 0 Å². The Morgan fingerprint density at radius 3 is 2.59 bits per heavy atom. The molecule has 1 unspecified atom stereocenters. The summed E-state index contributed by atoms with van der Waals surface area (Å²) in [5.74, 6) is 6.04. The fourth-order valence-electron chi connectivity index (χ4n) is 5.16. The molecule has 2 aliphatic rings. The summed E-state index contributed by atoms with van der Waals surface area (Å²) >= 11 is 0. The van der Waals surface area contributed by atoms with Crippen LogP contribution in [0, 0.1) is 23.2 Å². The maximum absolute atomic E-state index is 12.1. The monoisotopic (exact) mass is 435 g/mol. The van der Waals surface area contributed by atoms with Crippen molar-refractivity contribution >= 4 is 11.7 Å². The second kappa shape index (κ2) is 8.61. The lowest BCUT2D eigenvalue weighted by atomic mass is 9.65. The van der Waals surface area contributed by atoms with E-state index in [1.54, 1.807) is 6.92 Å². The number of nitrogen functional groups attached to an aromatic ring is 1. The van der Waals surface area contributed by atoms with Gasteiger partial charge in [-0.1, -0.05) is 44.0 Å². The van der Waals surface area contributed by atoms with E-state index in [0.717, 1.165) is 54.7 Å². The Morgan fingerprint density at radius 2 is 2.00 bits per heavy atom. The fourth-order valence-corrected chi connectivity index (χ4v) is 5.16. The predicted molar refractivity (Wildman–Crippen MR) is 125 cm³/mol. The van der Waals surface area contributed by atoms with Crippen molar-refractivity contribution in [3.05, 3.63) is 35.4 Å². The first-order valence-corrected chi connectivity index (χ1v) is 11.4. The number of likely N-dealkylation sites (tertiary alicyclic amines) is 1. The number of aliphatic hydroxyl groups excluding tert-OH is 1. The lowest BCUT2D eigenvalue weighted by Crippen LogP contribution is -2.42. The van der Waals surface area contributed by atoms with Crippen LogP contribution < -0.4 is 11.5 Å². The maximum atomic E-state index is 12.1. The molecular formula is C25H33N5O2. The van der Waals surface area contributed by atoms with Crippen molar-refractivity contribution in [1.29, 1.82) is 0 Å². The van der Waals surface area contributed by atoms with E-state index in [4.69, 9.17) is 16.6 Å². The number of nitrogens with zero attached hydrogens (tertiary/aromatic N) is 3. The van der Waals surface area contributed by atoms with E-state index in [1.807, 2.05) is 47.7 Å². The number of carbonyl (C=O) groups is 1. The molecular weight excluding hydrogens is 402 g/mol. The van der Waals surface area contributed by atoms with Gasteiger partial charge < -0.3 is 21.5 Å². The molecule has 2 fully saturated rings. The van der Waals surface area contributed by atoms with E-state index >= 15 is 0 Å². The zero-order chi connectivity index (χ0) is 23.0. The van der Waals surface area contributed by atoms with Gasteiger partial charge in [0.1, 0.15) is 5.82 Å². The van der Waals surface area contributed by atoms with Crippen LogP contribution in [0.3, 0.4) is 0 Å². The van der Waals surface area contributed by atoms with Crippen LogP contribution in [0.2, 0.25) is 0 Å². The molecule has 1 aromatic heterocycles. The minimum absolute atomic E-state index is 0.0786. The number of hydrogen-bond donors (Lipinski definition) is 3. The number of hydrogen-bond acceptors (Lipinski definition) is 5. The quantitative estimate of drug-likeness (QED) is 0.626. The van der Waals surface area contributed by atoms with Crippen LogP contribution in [0.4, 0.5) is 5.82 Å². The predicted octanol–water partition coefficient (Wildman–Crippen LogP) is 2.86. The fraction of sp³-hybridized carbons (Fsp3) is 0.520. The lowest BCUT2D eigenvalue weighted by Gasteiger charge is -2.45. The van der Waals surface area contributed by atoms with Gasteiger partial charge in [-0.05, 0) is 49.0 Å². The van der Waals surface area contributed by atoms with Crippen LogP contribution in [-0.4, -0.2) is 38.8 Å². The third kappa shape index (κ3) is 3.89. The summed E-state index contributed by atoms with van der Waals surface area (Å²) in [5.41, 5.74) is 16.2. The first kappa shape index (κ1) is 22.4. The topological polar surface area (TPSA) is 110 Å². The van der Waals surface area contributed by atoms with E-state index in [1.165, 1.54) is 0 Å². The highest BCUT2D eigenvalue weighted by Gasteiger charge is 2.50. The molecule has 4 rings (SSSR count). The molecule has 0 radical (unpaired) electrons. The minimum atomic E-state index is -0.493. The van der Waals surface area contributed by atoms with Crippen LogP contribution in [0.25, 0.3) is 11.3 Å². The molecule has 7 nitrogen and oxygen atoms in total. The van der Waals surface area contributed by atoms with Gasteiger partial charge in [-0.2, -0.15) is 5.10 Å². The van der Waals surface area contributed by atoms with E-state index in [-0.39, 0.29) is 23.3 Å². The van der Waals surface area contributed by atoms with Gasteiger partial charge in [-0.15, -0.1) is 0 Å². The Labute approximate surface area is 189 Å². The third-order valence-electron chi connectivity index (χ3n) is 7.05. The van der Waals surface area contributed by atoms with Gasteiger partial charge in [0.25, 0.3) is 5.91 Å². The van der Waals surface area contributed by atoms with Gasteiger partial charge in [0, 0.05) is 30.8 Å². The average Bonchev–Trinajstić information content (AvgIpc) is 3.34. The largest absolute Gasteiger partial charge is 0.388 e. The minimum Gasteiger partial charge on any atom is -0.388 e. The molecule has 170 valence electrons. The average molecular weight is 436 g/mol. The molecule has 5 N–H and O–H groups in total. The van der Waals surface area contributed by atoms with Crippen LogP contribution in [0.1, 0.15) is 63.3 Å². The molecule has 1 spiro atoms. The first-order valence-electron chi connectivity index (χ1n) is 11.4. The van der Waals surface area contributed by atoms with Crippen molar-refractivity contribution in [3.63, 3.8) is 0 Å². The van der Waals surface area contributed by atoms with Gasteiger partial charge in [0.05, 0.1) is 17.8 Å². The van der Waals surface area contributed by atoms with E-state index in [0.29, 0.717) is 12.4 Å². The number of aliphatic hydroxyl groups is 1. The molecule has 1 amide bonds. The van der Waals surface area contributed by atoms with Crippen molar-refractivity contribution in [2.75, 3.05) is 18.8 Å². The van der Waals surface area contributed by atoms with Crippen LogP contribution in [0.15, 0.2) is 24.3 Å². The Bertz CT molecular complexity index is 1050. The Morgan fingerprint density at radius 1 is 1.31 bits per heavy atom. The summed E-state index contributed by atoms with van der Waals surface area (Å²) in [4.78, 5) is 14.0. The Hall–Kier alpha value is -2.82. The molecule has 2 aromatic rings. The molecule has 7 heteroatoms. The van der Waals surface area contributed by atoms with Crippen LogP contribution in [0.5, 0.6) is 0 Å². The molecule has 1 aliphatic carbocycles. The highest BCUT2D eigenvalue weighted by atomic mass is 16.3. The molecule has 32 heavy (non-hydrogen) atoms. The molecule has 1 saturated carbocycles. The number of benzene rings is 1. The number of rotatable bonds is 5. The van der Waals surface area contributed by atoms with E-state index in [9.17, 15) is 9.90 Å². The van der Waals surface area contributed by atoms with Crippen molar-refractivity contribution < 1.29 is 9.90 Å². The molecule has 1 atom stereocenters. The molecule has 1 saturated heterocycles. The summed E-state index contributed by atoms with van der Waals surface area (Å²) in [5, 5.41) is 15.2. The summed E-state index contributed by atoms with van der Waals surface area (Å²) in [6.07, 6.45) is 2.40. The lowest BCUT2D eigenvalue weighted by molar-refractivity contribution is -0.125. The summed E-state index contributed by atoms with van der Waals surface area (Å²) in [6.45, 7) is 7.52. The SMILES string of the molecule is CC#CC(=O)N1CC[C@]2(C1)C[C@H](n1nc(-c3ccc(C(O)C(C)C)cc3)c(CN)c1N)C2. The van der Waals surface area contributed by atoms with Gasteiger partial charge in [0.15, 0.2) is 0 Å². The smallest absolute Gasteiger partial charge is 0.298 e.